The summed E-state index contributed by atoms with van der Waals surface area (Å²) in [5.41, 5.74) is 1.15. The van der Waals surface area contributed by atoms with Crippen molar-refractivity contribution in [2.24, 2.45) is 5.92 Å². The zero-order chi connectivity index (χ0) is 15.2. The number of urea groups is 1. The average Bonchev–Trinajstić information content (AvgIpc) is 2.47. The number of carbonyl (C=O) groups excluding carboxylic acids is 1. The maximum Gasteiger partial charge on any atom is 0.317 e. The Kier molecular flexibility index (Phi) is 5.61. The molecule has 1 saturated heterocycles. The van der Waals surface area contributed by atoms with Gasteiger partial charge in [0.2, 0.25) is 0 Å². The van der Waals surface area contributed by atoms with Gasteiger partial charge in [-0.3, -0.25) is 4.79 Å². The van der Waals surface area contributed by atoms with Crippen LogP contribution in [0, 0.1) is 5.92 Å². The average molecular weight is 355 g/mol. The number of rotatable bonds is 4. The van der Waals surface area contributed by atoms with Gasteiger partial charge in [0.15, 0.2) is 0 Å². The van der Waals surface area contributed by atoms with Crippen molar-refractivity contribution < 1.29 is 14.7 Å². The van der Waals surface area contributed by atoms with E-state index >= 15 is 0 Å². The molecule has 0 aliphatic carbocycles. The lowest BCUT2D eigenvalue weighted by molar-refractivity contribution is -0.143. The first kappa shape index (κ1) is 15.8. The molecule has 21 heavy (non-hydrogen) atoms. The van der Waals surface area contributed by atoms with Gasteiger partial charge in [-0.15, -0.1) is 0 Å². The van der Waals surface area contributed by atoms with E-state index in [0.717, 1.165) is 22.9 Å². The molecule has 1 fully saturated rings. The molecule has 1 aromatic carbocycles. The van der Waals surface area contributed by atoms with Gasteiger partial charge in [-0.25, -0.2) is 4.79 Å². The summed E-state index contributed by atoms with van der Waals surface area (Å²) < 4.78 is 1.02. The fourth-order valence-electron chi connectivity index (χ4n) is 2.48. The second-order valence-corrected chi connectivity index (χ2v) is 6.15. The summed E-state index contributed by atoms with van der Waals surface area (Å²) >= 11 is 3.41. The molecule has 1 aliphatic heterocycles. The summed E-state index contributed by atoms with van der Waals surface area (Å²) in [5, 5.41) is 11.9. The molecule has 2 N–H and O–H groups in total. The van der Waals surface area contributed by atoms with Crippen LogP contribution < -0.4 is 5.32 Å². The Hall–Kier alpha value is -1.56. The number of amides is 2. The maximum atomic E-state index is 12.0. The van der Waals surface area contributed by atoms with Crippen molar-refractivity contribution in [2.45, 2.75) is 19.3 Å². The zero-order valence-electron chi connectivity index (χ0n) is 11.7. The summed E-state index contributed by atoms with van der Waals surface area (Å²) in [6.07, 6.45) is 2.15. The minimum absolute atomic E-state index is 0.170. The van der Waals surface area contributed by atoms with Crippen LogP contribution in [0.4, 0.5) is 4.79 Å². The maximum absolute atomic E-state index is 12.0. The third-order valence-corrected chi connectivity index (χ3v) is 4.13. The number of carboxylic acids is 1. The van der Waals surface area contributed by atoms with Crippen LogP contribution in [-0.4, -0.2) is 41.6 Å². The van der Waals surface area contributed by atoms with Gasteiger partial charge >= 0.3 is 12.0 Å². The Morgan fingerprint density at radius 3 is 2.95 bits per heavy atom. The molecule has 0 radical (unpaired) electrons. The van der Waals surface area contributed by atoms with E-state index in [4.69, 9.17) is 5.11 Å². The predicted octanol–water partition coefficient (Wildman–Crippen LogP) is 2.50. The van der Waals surface area contributed by atoms with Crippen LogP contribution in [-0.2, 0) is 11.2 Å². The van der Waals surface area contributed by atoms with Crippen molar-refractivity contribution in [3.05, 3.63) is 34.3 Å². The van der Waals surface area contributed by atoms with Crippen LogP contribution in [0.25, 0.3) is 0 Å². The molecule has 5 nitrogen and oxygen atoms in total. The second kappa shape index (κ2) is 7.45. The number of carboxylic acid groups (broad SMARTS) is 1. The SMILES string of the molecule is O=C(O)C1CCCN(C(=O)NCCc2cccc(Br)c2)C1. The largest absolute Gasteiger partial charge is 0.481 e. The lowest BCUT2D eigenvalue weighted by Crippen LogP contribution is -2.47. The van der Waals surface area contributed by atoms with E-state index in [1.54, 1.807) is 4.90 Å². The van der Waals surface area contributed by atoms with Crippen molar-refractivity contribution in [2.75, 3.05) is 19.6 Å². The van der Waals surface area contributed by atoms with E-state index in [9.17, 15) is 9.59 Å². The topological polar surface area (TPSA) is 69.6 Å². The standard InChI is InChI=1S/C15H19BrN2O3/c16-13-5-1-3-11(9-13)6-7-17-15(21)18-8-2-4-12(10-18)14(19)20/h1,3,5,9,12H,2,4,6-8,10H2,(H,17,21)(H,19,20). The number of halogens is 1. The van der Waals surface area contributed by atoms with Gasteiger partial charge in [-0.2, -0.15) is 0 Å². The summed E-state index contributed by atoms with van der Waals surface area (Å²) in [6.45, 7) is 1.48. The van der Waals surface area contributed by atoms with E-state index < -0.39 is 11.9 Å². The molecule has 2 rings (SSSR count). The van der Waals surface area contributed by atoms with Crippen LogP contribution in [0.5, 0.6) is 0 Å². The Labute approximate surface area is 132 Å². The molecule has 0 aromatic heterocycles. The van der Waals surface area contributed by atoms with Gasteiger partial charge in [0.1, 0.15) is 0 Å². The van der Waals surface area contributed by atoms with Gasteiger partial charge in [0.05, 0.1) is 5.92 Å². The van der Waals surface area contributed by atoms with E-state index in [1.165, 1.54) is 0 Å². The first-order valence-corrected chi connectivity index (χ1v) is 7.85. The van der Waals surface area contributed by atoms with E-state index in [0.29, 0.717) is 26.1 Å². The van der Waals surface area contributed by atoms with E-state index in [2.05, 4.69) is 21.2 Å². The fraction of sp³-hybridized carbons (Fsp3) is 0.467. The molecular formula is C15H19BrN2O3. The highest BCUT2D eigenvalue weighted by Crippen LogP contribution is 2.16. The quantitative estimate of drug-likeness (QED) is 0.872. The van der Waals surface area contributed by atoms with E-state index in [-0.39, 0.29) is 6.03 Å². The Morgan fingerprint density at radius 1 is 1.43 bits per heavy atom. The highest BCUT2D eigenvalue weighted by molar-refractivity contribution is 9.10. The minimum atomic E-state index is -0.818. The molecule has 1 atom stereocenters. The molecule has 1 heterocycles. The van der Waals surface area contributed by atoms with Gasteiger partial charge < -0.3 is 15.3 Å². The molecule has 114 valence electrons. The number of benzene rings is 1. The molecule has 1 aliphatic rings. The highest BCUT2D eigenvalue weighted by atomic mass is 79.9. The summed E-state index contributed by atoms with van der Waals surface area (Å²) in [4.78, 5) is 24.6. The molecule has 0 spiro atoms. The monoisotopic (exact) mass is 354 g/mol. The van der Waals surface area contributed by atoms with Crippen LogP contribution >= 0.6 is 15.9 Å². The Morgan fingerprint density at radius 2 is 2.24 bits per heavy atom. The Bertz CT molecular complexity index is 521. The molecule has 6 heteroatoms. The first-order chi connectivity index (χ1) is 10.1. The number of nitrogens with zero attached hydrogens (tertiary/aromatic N) is 1. The molecule has 1 aromatic rings. The van der Waals surface area contributed by atoms with Crippen molar-refractivity contribution in [3.63, 3.8) is 0 Å². The summed E-state index contributed by atoms with van der Waals surface area (Å²) in [7, 11) is 0. The van der Waals surface area contributed by atoms with Crippen LogP contribution in [0.2, 0.25) is 0 Å². The third-order valence-electron chi connectivity index (χ3n) is 3.64. The lowest BCUT2D eigenvalue weighted by atomic mass is 9.99. The first-order valence-electron chi connectivity index (χ1n) is 7.06. The van der Waals surface area contributed by atoms with Crippen LogP contribution in [0.3, 0.4) is 0 Å². The molecule has 0 bridgehead atoms. The van der Waals surface area contributed by atoms with Gasteiger partial charge in [-0.05, 0) is 37.0 Å². The molecule has 0 saturated carbocycles. The fourth-order valence-corrected chi connectivity index (χ4v) is 2.93. The number of carbonyl (C=O) groups is 2. The van der Waals surface area contributed by atoms with Crippen LogP contribution in [0.1, 0.15) is 18.4 Å². The predicted molar refractivity (Wildman–Crippen MR) is 83.2 cm³/mol. The van der Waals surface area contributed by atoms with Crippen LogP contribution in [0.15, 0.2) is 28.7 Å². The van der Waals surface area contributed by atoms with Crippen molar-refractivity contribution in [3.8, 4) is 0 Å². The van der Waals surface area contributed by atoms with Crippen molar-refractivity contribution in [1.29, 1.82) is 0 Å². The number of likely N-dealkylation sites (tertiary alicyclic amines) is 1. The third kappa shape index (κ3) is 4.74. The number of hydrogen-bond acceptors (Lipinski definition) is 2. The summed E-state index contributed by atoms with van der Waals surface area (Å²) in [5.74, 6) is -1.25. The van der Waals surface area contributed by atoms with Gasteiger partial charge in [0, 0.05) is 24.1 Å². The van der Waals surface area contributed by atoms with Crippen molar-refractivity contribution >= 4 is 27.9 Å². The van der Waals surface area contributed by atoms with Gasteiger partial charge in [0.25, 0.3) is 0 Å². The molecular weight excluding hydrogens is 336 g/mol. The van der Waals surface area contributed by atoms with E-state index in [1.807, 2.05) is 24.3 Å². The lowest BCUT2D eigenvalue weighted by Gasteiger charge is -2.30. The molecule has 2 amide bonds. The number of nitrogens with one attached hydrogen (secondary N) is 1. The zero-order valence-corrected chi connectivity index (χ0v) is 13.3. The number of hydrogen-bond donors (Lipinski definition) is 2. The molecule has 1 unspecified atom stereocenters. The number of aliphatic carboxylic acids is 1. The number of piperidine rings is 1. The normalized spacial score (nSPS) is 18.3. The Balaban J connectivity index is 1.78. The smallest absolute Gasteiger partial charge is 0.317 e. The second-order valence-electron chi connectivity index (χ2n) is 5.24. The highest BCUT2D eigenvalue weighted by Gasteiger charge is 2.27. The van der Waals surface area contributed by atoms with Crippen molar-refractivity contribution in [1.82, 2.24) is 10.2 Å². The minimum Gasteiger partial charge on any atom is -0.481 e. The van der Waals surface area contributed by atoms with Gasteiger partial charge in [-0.1, -0.05) is 28.1 Å². The summed E-state index contributed by atoms with van der Waals surface area (Å²) in [6, 6.07) is 7.78.